The molecule has 0 N–H and O–H groups in total. The smallest absolute Gasteiger partial charge is 0.144 e. The van der Waals surface area contributed by atoms with Crippen molar-refractivity contribution < 1.29 is 4.42 Å². The molecule has 0 atom stereocenters. The number of furan rings is 1. The summed E-state index contributed by atoms with van der Waals surface area (Å²) in [5.41, 5.74) is 8.13. The third-order valence-corrected chi connectivity index (χ3v) is 6.62. The summed E-state index contributed by atoms with van der Waals surface area (Å²) in [5.74, 6) is 2.12. The van der Waals surface area contributed by atoms with E-state index in [1.54, 1.807) is 0 Å². The number of rotatable bonds is 5. The van der Waals surface area contributed by atoms with E-state index in [1.165, 1.54) is 33.2 Å². The van der Waals surface area contributed by atoms with Crippen LogP contribution in [-0.2, 0) is 0 Å². The molecule has 0 spiro atoms. The fourth-order valence-corrected chi connectivity index (χ4v) is 4.77. The Balaban J connectivity index is 1.95. The van der Waals surface area contributed by atoms with E-state index in [9.17, 15) is 0 Å². The van der Waals surface area contributed by atoms with Gasteiger partial charge >= 0.3 is 0 Å². The SMILES string of the molecule is CC(C)c1ccc2oc3c(C(C)C)cc(C(C)C)c(-n4ccnc4-c4ccccc4)c3c2c1. The van der Waals surface area contributed by atoms with Gasteiger partial charge in [0, 0.05) is 23.3 Å². The lowest BCUT2D eigenvalue weighted by molar-refractivity contribution is 0.655. The summed E-state index contributed by atoms with van der Waals surface area (Å²) in [4.78, 5) is 4.77. The fourth-order valence-electron chi connectivity index (χ4n) is 4.77. The van der Waals surface area contributed by atoms with Gasteiger partial charge in [0.1, 0.15) is 17.0 Å². The lowest BCUT2D eigenvalue weighted by Gasteiger charge is -2.20. The van der Waals surface area contributed by atoms with Gasteiger partial charge < -0.3 is 4.42 Å². The van der Waals surface area contributed by atoms with E-state index in [4.69, 9.17) is 9.40 Å². The van der Waals surface area contributed by atoms with Gasteiger partial charge in [-0.1, -0.05) is 77.9 Å². The highest BCUT2D eigenvalue weighted by Crippen LogP contribution is 2.43. The largest absolute Gasteiger partial charge is 0.456 e. The monoisotopic (exact) mass is 436 g/mol. The fraction of sp³-hybridized carbons (Fsp3) is 0.300. The number of imidazole rings is 1. The maximum absolute atomic E-state index is 6.56. The Hall–Kier alpha value is -3.33. The van der Waals surface area contributed by atoms with Crippen LogP contribution in [0.2, 0.25) is 0 Å². The second-order valence-electron chi connectivity index (χ2n) is 9.92. The zero-order valence-corrected chi connectivity index (χ0v) is 20.4. The van der Waals surface area contributed by atoms with Gasteiger partial charge in [-0.15, -0.1) is 0 Å². The van der Waals surface area contributed by atoms with Crippen molar-refractivity contribution in [2.24, 2.45) is 0 Å². The first-order valence-corrected chi connectivity index (χ1v) is 12.0. The van der Waals surface area contributed by atoms with E-state index in [0.717, 1.165) is 22.6 Å². The van der Waals surface area contributed by atoms with Crippen molar-refractivity contribution in [1.29, 1.82) is 0 Å². The first-order valence-electron chi connectivity index (χ1n) is 12.0. The van der Waals surface area contributed by atoms with Gasteiger partial charge in [0.2, 0.25) is 0 Å². The minimum atomic E-state index is 0.353. The Labute approximate surface area is 196 Å². The predicted octanol–water partition coefficient (Wildman–Crippen LogP) is 8.81. The van der Waals surface area contributed by atoms with Crippen LogP contribution in [0.25, 0.3) is 39.0 Å². The highest BCUT2D eigenvalue weighted by atomic mass is 16.3. The quantitative estimate of drug-likeness (QED) is 0.275. The maximum Gasteiger partial charge on any atom is 0.144 e. The molecule has 3 nitrogen and oxygen atoms in total. The topological polar surface area (TPSA) is 31.0 Å². The van der Waals surface area contributed by atoms with Gasteiger partial charge in [-0.05, 0) is 52.6 Å². The molecule has 168 valence electrons. The molecule has 0 aliphatic heterocycles. The molecule has 3 aromatic carbocycles. The average molecular weight is 437 g/mol. The Morgan fingerprint density at radius 3 is 2.18 bits per heavy atom. The van der Waals surface area contributed by atoms with Crippen LogP contribution in [0.5, 0.6) is 0 Å². The molecule has 2 heterocycles. The second kappa shape index (κ2) is 8.22. The molecule has 5 aromatic rings. The van der Waals surface area contributed by atoms with Crippen molar-refractivity contribution >= 4 is 21.9 Å². The lowest BCUT2D eigenvalue weighted by Crippen LogP contribution is -2.05. The highest BCUT2D eigenvalue weighted by molar-refractivity contribution is 6.11. The summed E-state index contributed by atoms with van der Waals surface area (Å²) < 4.78 is 8.82. The molecular formula is C30H32N2O. The van der Waals surface area contributed by atoms with E-state index >= 15 is 0 Å². The third-order valence-electron chi connectivity index (χ3n) is 6.62. The van der Waals surface area contributed by atoms with Crippen LogP contribution in [0.15, 0.2) is 71.4 Å². The van der Waals surface area contributed by atoms with Crippen molar-refractivity contribution in [3.63, 3.8) is 0 Å². The molecule has 0 saturated heterocycles. The highest BCUT2D eigenvalue weighted by Gasteiger charge is 2.24. The molecule has 0 fully saturated rings. The van der Waals surface area contributed by atoms with Crippen molar-refractivity contribution in [2.45, 2.75) is 59.3 Å². The van der Waals surface area contributed by atoms with Crippen molar-refractivity contribution in [3.05, 3.63) is 83.7 Å². The van der Waals surface area contributed by atoms with E-state index < -0.39 is 0 Å². The van der Waals surface area contributed by atoms with Crippen molar-refractivity contribution in [1.82, 2.24) is 9.55 Å². The maximum atomic E-state index is 6.56. The molecule has 33 heavy (non-hydrogen) atoms. The molecule has 3 heteroatoms. The predicted molar refractivity (Wildman–Crippen MR) is 139 cm³/mol. The molecule has 0 radical (unpaired) electrons. The minimum Gasteiger partial charge on any atom is -0.456 e. The number of nitrogens with zero attached hydrogens (tertiary/aromatic N) is 2. The van der Waals surface area contributed by atoms with Gasteiger partial charge in [0.15, 0.2) is 0 Å². The average Bonchev–Trinajstić information content (AvgIpc) is 3.43. The van der Waals surface area contributed by atoms with Gasteiger partial charge in [-0.3, -0.25) is 4.57 Å². The van der Waals surface area contributed by atoms with Gasteiger partial charge in [-0.25, -0.2) is 4.98 Å². The van der Waals surface area contributed by atoms with Gasteiger partial charge in [0.05, 0.1) is 11.1 Å². The number of benzene rings is 3. The molecular weight excluding hydrogens is 404 g/mol. The summed E-state index contributed by atoms with van der Waals surface area (Å²) in [7, 11) is 0. The zero-order valence-electron chi connectivity index (χ0n) is 20.4. The Morgan fingerprint density at radius 1 is 0.788 bits per heavy atom. The summed E-state index contributed by atoms with van der Waals surface area (Å²) in [5, 5.41) is 2.38. The van der Waals surface area contributed by atoms with Crippen LogP contribution < -0.4 is 0 Å². The molecule has 0 unspecified atom stereocenters. The molecule has 5 rings (SSSR count). The molecule has 2 aromatic heterocycles. The van der Waals surface area contributed by atoms with E-state index in [2.05, 4.69) is 101 Å². The summed E-state index contributed by atoms with van der Waals surface area (Å²) in [6.45, 7) is 13.5. The summed E-state index contributed by atoms with van der Waals surface area (Å²) in [6.07, 6.45) is 3.99. The molecule has 0 bridgehead atoms. The standard InChI is InChI=1S/C30H32N2O/c1-18(2)22-12-13-26-25(16-22)27-28(23(19(3)4)17-24(20(5)6)29(27)33-26)32-15-14-31-30(32)21-10-8-7-9-11-21/h7-20H,1-6H3. The first kappa shape index (κ1) is 21.5. The summed E-state index contributed by atoms with van der Waals surface area (Å²) >= 11 is 0. The molecule has 0 saturated carbocycles. The van der Waals surface area contributed by atoms with Crippen LogP contribution in [-0.4, -0.2) is 9.55 Å². The number of aromatic nitrogens is 2. The second-order valence-corrected chi connectivity index (χ2v) is 9.92. The van der Waals surface area contributed by atoms with Crippen molar-refractivity contribution in [2.75, 3.05) is 0 Å². The third kappa shape index (κ3) is 3.56. The van der Waals surface area contributed by atoms with Crippen LogP contribution in [0.1, 0.15) is 76.0 Å². The van der Waals surface area contributed by atoms with Crippen LogP contribution >= 0.6 is 0 Å². The first-order chi connectivity index (χ1) is 15.9. The normalized spacial score (nSPS) is 12.2. The number of hydrogen-bond donors (Lipinski definition) is 0. The van der Waals surface area contributed by atoms with Crippen molar-refractivity contribution in [3.8, 4) is 17.1 Å². The molecule has 0 amide bonds. The Kier molecular flexibility index (Phi) is 5.36. The van der Waals surface area contributed by atoms with E-state index in [1.807, 2.05) is 12.3 Å². The van der Waals surface area contributed by atoms with Crippen LogP contribution in [0.4, 0.5) is 0 Å². The Bertz CT molecular complexity index is 1440. The molecule has 0 aliphatic carbocycles. The van der Waals surface area contributed by atoms with Crippen LogP contribution in [0.3, 0.4) is 0 Å². The lowest BCUT2D eigenvalue weighted by atomic mass is 9.90. The van der Waals surface area contributed by atoms with E-state index in [0.29, 0.717) is 17.8 Å². The Morgan fingerprint density at radius 2 is 1.52 bits per heavy atom. The van der Waals surface area contributed by atoms with Gasteiger partial charge in [0.25, 0.3) is 0 Å². The molecule has 0 aliphatic rings. The number of hydrogen-bond acceptors (Lipinski definition) is 2. The van der Waals surface area contributed by atoms with Crippen LogP contribution in [0, 0.1) is 0 Å². The van der Waals surface area contributed by atoms with E-state index in [-0.39, 0.29) is 0 Å². The minimum absolute atomic E-state index is 0.353. The number of fused-ring (bicyclic) bond motifs is 3. The van der Waals surface area contributed by atoms with Gasteiger partial charge in [-0.2, -0.15) is 0 Å². The zero-order chi connectivity index (χ0) is 23.3. The summed E-state index contributed by atoms with van der Waals surface area (Å²) in [6, 6.07) is 19.4.